The highest BCUT2D eigenvalue weighted by Crippen LogP contribution is 2.12. The molecule has 80 valence electrons. The molecule has 0 N–H and O–H groups in total. The number of rotatable bonds is 3. The Bertz CT molecular complexity index is 482. The van der Waals surface area contributed by atoms with Gasteiger partial charge < -0.3 is 0 Å². The first kappa shape index (κ1) is 11.0. The van der Waals surface area contributed by atoms with Crippen molar-refractivity contribution in [3.8, 4) is 0 Å². The Morgan fingerprint density at radius 2 is 1.94 bits per heavy atom. The van der Waals surface area contributed by atoms with Gasteiger partial charge in [0.25, 0.3) is 0 Å². The van der Waals surface area contributed by atoms with Gasteiger partial charge in [-0.3, -0.25) is 9.78 Å². The third-order valence-electron chi connectivity index (χ3n) is 2.13. The molecule has 3 nitrogen and oxygen atoms in total. The van der Waals surface area contributed by atoms with Crippen molar-refractivity contribution in [1.82, 2.24) is 9.97 Å². The molecule has 0 saturated carbocycles. The fourth-order valence-corrected chi connectivity index (χ4v) is 1.59. The Balaban J connectivity index is 2.11. The van der Waals surface area contributed by atoms with Gasteiger partial charge in [0.1, 0.15) is 5.69 Å². The Morgan fingerprint density at radius 3 is 2.56 bits per heavy atom. The van der Waals surface area contributed by atoms with Crippen molar-refractivity contribution < 1.29 is 4.79 Å². The van der Waals surface area contributed by atoms with E-state index in [2.05, 4.69) is 25.9 Å². The molecule has 0 aliphatic heterocycles. The Morgan fingerprint density at radius 1 is 1.19 bits per heavy atom. The van der Waals surface area contributed by atoms with Crippen LogP contribution in [0.2, 0.25) is 0 Å². The molecule has 1 aromatic heterocycles. The van der Waals surface area contributed by atoms with Gasteiger partial charge in [-0.15, -0.1) is 0 Å². The summed E-state index contributed by atoms with van der Waals surface area (Å²) in [4.78, 5) is 19.6. The summed E-state index contributed by atoms with van der Waals surface area (Å²) in [7, 11) is 0. The Kier molecular flexibility index (Phi) is 3.41. The molecule has 2 rings (SSSR count). The summed E-state index contributed by atoms with van der Waals surface area (Å²) in [6, 6.07) is 7.66. The van der Waals surface area contributed by atoms with Crippen molar-refractivity contribution >= 4 is 21.7 Å². The highest BCUT2D eigenvalue weighted by atomic mass is 79.9. The lowest BCUT2D eigenvalue weighted by Gasteiger charge is -2.00. The number of Topliss-reactive ketones (excluding diaryl/α,β-unsaturated/α-hetero) is 1. The van der Waals surface area contributed by atoms with Crippen molar-refractivity contribution in [3.63, 3.8) is 0 Å². The monoisotopic (exact) mass is 276 g/mol. The summed E-state index contributed by atoms with van der Waals surface area (Å²) < 4.78 is 1.00. The van der Waals surface area contributed by atoms with Gasteiger partial charge in [0.05, 0.1) is 6.20 Å². The predicted octanol–water partition coefficient (Wildman–Crippen LogP) is 2.66. The summed E-state index contributed by atoms with van der Waals surface area (Å²) in [5.41, 5.74) is 1.38. The number of hydrogen-bond donors (Lipinski definition) is 0. The zero-order valence-electron chi connectivity index (χ0n) is 8.43. The molecule has 0 spiro atoms. The van der Waals surface area contributed by atoms with Gasteiger partial charge in [-0.2, -0.15) is 0 Å². The maximum atomic E-state index is 11.8. The van der Waals surface area contributed by atoms with Crippen LogP contribution in [-0.4, -0.2) is 15.8 Å². The molecular formula is C12H9BrN2O. The summed E-state index contributed by atoms with van der Waals surface area (Å²) >= 11 is 3.35. The van der Waals surface area contributed by atoms with Crippen LogP contribution >= 0.6 is 15.9 Å². The van der Waals surface area contributed by atoms with Crippen LogP contribution in [0.3, 0.4) is 0 Å². The minimum absolute atomic E-state index is 0.0181. The molecule has 0 fully saturated rings. The zero-order chi connectivity index (χ0) is 11.4. The van der Waals surface area contributed by atoms with Gasteiger partial charge in [-0.1, -0.05) is 28.1 Å². The van der Waals surface area contributed by atoms with Crippen molar-refractivity contribution in [3.05, 3.63) is 58.6 Å². The van der Waals surface area contributed by atoms with Crippen LogP contribution in [0, 0.1) is 0 Å². The number of aromatic nitrogens is 2. The van der Waals surface area contributed by atoms with Crippen LogP contribution < -0.4 is 0 Å². The highest BCUT2D eigenvalue weighted by Gasteiger charge is 2.07. The van der Waals surface area contributed by atoms with Crippen LogP contribution in [0.1, 0.15) is 16.1 Å². The summed E-state index contributed by atoms with van der Waals surface area (Å²) in [6.45, 7) is 0. The molecule has 0 aliphatic carbocycles. The Labute approximate surface area is 102 Å². The number of halogens is 1. The van der Waals surface area contributed by atoms with E-state index < -0.39 is 0 Å². The van der Waals surface area contributed by atoms with Gasteiger partial charge >= 0.3 is 0 Å². The Hall–Kier alpha value is -1.55. The smallest absolute Gasteiger partial charge is 0.187 e. The molecule has 1 aromatic carbocycles. The number of hydrogen-bond acceptors (Lipinski definition) is 3. The van der Waals surface area contributed by atoms with Crippen LogP contribution in [0.25, 0.3) is 0 Å². The third-order valence-corrected chi connectivity index (χ3v) is 2.66. The number of benzene rings is 1. The van der Waals surface area contributed by atoms with Gasteiger partial charge in [0, 0.05) is 23.3 Å². The standard InChI is InChI=1S/C12H9BrN2O/c13-10-3-1-9(2-4-10)7-12(16)11-8-14-5-6-15-11/h1-6,8H,7H2. The molecule has 0 radical (unpaired) electrons. The van der Waals surface area contributed by atoms with E-state index >= 15 is 0 Å². The van der Waals surface area contributed by atoms with E-state index in [1.54, 1.807) is 6.20 Å². The molecule has 0 atom stereocenters. The summed E-state index contributed by atoms with van der Waals surface area (Å²) in [6.07, 6.45) is 4.92. The van der Waals surface area contributed by atoms with E-state index in [-0.39, 0.29) is 5.78 Å². The molecule has 4 heteroatoms. The SMILES string of the molecule is O=C(Cc1ccc(Br)cc1)c1cnccn1. The highest BCUT2D eigenvalue weighted by molar-refractivity contribution is 9.10. The first-order valence-corrected chi connectivity index (χ1v) is 5.58. The van der Waals surface area contributed by atoms with Crippen LogP contribution in [-0.2, 0) is 6.42 Å². The summed E-state index contributed by atoms with van der Waals surface area (Å²) in [5.74, 6) is -0.0181. The number of ketones is 1. The van der Waals surface area contributed by atoms with Crippen molar-refractivity contribution in [2.45, 2.75) is 6.42 Å². The fourth-order valence-electron chi connectivity index (χ4n) is 1.32. The normalized spacial score (nSPS) is 10.1. The third kappa shape index (κ3) is 2.73. The maximum Gasteiger partial charge on any atom is 0.187 e. The van der Waals surface area contributed by atoms with Crippen LogP contribution in [0.4, 0.5) is 0 Å². The molecule has 0 aliphatic rings. The quantitative estimate of drug-likeness (QED) is 0.810. The predicted molar refractivity (Wildman–Crippen MR) is 64.2 cm³/mol. The number of carbonyl (C=O) groups is 1. The molecule has 0 bridgehead atoms. The van der Waals surface area contributed by atoms with Crippen molar-refractivity contribution in [1.29, 1.82) is 0 Å². The minimum Gasteiger partial charge on any atom is -0.292 e. The molecule has 16 heavy (non-hydrogen) atoms. The molecule has 1 heterocycles. The maximum absolute atomic E-state index is 11.8. The molecular weight excluding hydrogens is 268 g/mol. The number of carbonyl (C=O) groups excluding carboxylic acids is 1. The largest absolute Gasteiger partial charge is 0.292 e. The number of nitrogens with zero attached hydrogens (tertiary/aromatic N) is 2. The average Bonchev–Trinajstić information content (AvgIpc) is 2.33. The van der Waals surface area contributed by atoms with Gasteiger partial charge in [-0.25, -0.2) is 4.98 Å². The van der Waals surface area contributed by atoms with Gasteiger partial charge in [-0.05, 0) is 17.7 Å². The second-order valence-corrected chi connectivity index (χ2v) is 4.23. The lowest BCUT2D eigenvalue weighted by Crippen LogP contribution is -2.05. The van der Waals surface area contributed by atoms with Crippen molar-refractivity contribution in [2.24, 2.45) is 0 Å². The van der Waals surface area contributed by atoms with Crippen LogP contribution in [0.15, 0.2) is 47.3 Å². The second kappa shape index (κ2) is 4.99. The van der Waals surface area contributed by atoms with Gasteiger partial charge in [0.2, 0.25) is 0 Å². The lowest BCUT2D eigenvalue weighted by atomic mass is 10.1. The van der Waals surface area contributed by atoms with E-state index in [4.69, 9.17) is 0 Å². The first-order chi connectivity index (χ1) is 7.75. The first-order valence-electron chi connectivity index (χ1n) is 4.79. The van der Waals surface area contributed by atoms with Gasteiger partial charge in [0.15, 0.2) is 5.78 Å². The molecule has 0 unspecified atom stereocenters. The van der Waals surface area contributed by atoms with E-state index in [1.165, 1.54) is 12.4 Å². The minimum atomic E-state index is -0.0181. The molecule has 0 saturated heterocycles. The van der Waals surface area contributed by atoms with Crippen LogP contribution in [0.5, 0.6) is 0 Å². The van der Waals surface area contributed by atoms with E-state index in [0.29, 0.717) is 12.1 Å². The van der Waals surface area contributed by atoms with E-state index in [1.807, 2.05) is 24.3 Å². The lowest BCUT2D eigenvalue weighted by molar-refractivity contribution is 0.0988. The van der Waals surface area contributed by atoms with E-state index in [0.717, 1.165) is 10.0 Å². The second-order valence-electron chi connectivity index (χ2n) is 3.32. The zero-order valence-corrected chi connectivity index (χ0v) is 10.0. The van der Waals surface area contributed by atoms with Crippen molar-refractivity contribution in [2.75, 3.05) is 0 Å². The molecule has 0 amide bonds. The summed E-state index contributed by atoms with van der Waals surface area (Å²) in [5, 5.41) is 0. The fraction of sp³-hybridized carbons (Fsp3) is 0.0833. The van der Waals surface area contributed by atoms with E-state index in [9.17, 15) is 4.79 Å². The average molecular weight is 277 g/mol. The topological polar surface area (TPSA) is 42.9 Å². The molecule has 2 aromatic rings.